The molecule has 0 aliphatic carbocycles. The molecular weight excluding hydrogens is 388 g/mol. The Balaban J connectivity index is 1.74. The number of thiophene rings is 1. The van der Waals surface area contributed by atoms with Crippen molar-refractivity contribution in [2.45, 2.75) is 18.5 Å². The molecule has 3 aromatic rings. The average molecular weight is 410 g/mol. The zero-order valence-electron chi connectivity index (χ0n) is 16.0. The quantitative estimate of drug-likeness (QED) is 0.646. The number of amides is 2. The number of methoxy groups -OCH3 is 1. The smallest absolute Gasteiger partial charge is 0.254 e. The fourth-order valence-corrected chi connectivity index (χ4v) is 4.66. The lowest BCUT2D eigenvalue weighted by Gasteiger charge is -2.41. The molecule has 0 bridgehead atoms. The minimum atomic E-state index is -0.519. The number of rotatable bonds is 7. The van der Waals surface area contributed by atoms with Crippen LogP contribution in [0.15, 0.2) is 64.6 Å². The summed E-state index contributed by atoms with van der Waals surface area (Å²) in [6, 6.07) is 14.5. The number of nitrogens with zero attached hydrogens (tertiary/aromatic N) is 1. The van der Waals surface area contributed by atoms with Gasteiger partial charge in [0, 0.05) is 24.1 Å². The third-order valence-electron chi connectivity index (χ3n) is 5.11. The molecule has 7 heteroatoms. The van der Waals surface area contributed by atoms with Crippen LogP contribution in [-0.4, -0.2) is 37.0 Å². The van der Waals surface area contributed by atoms with Gasteiger partial charge in [-0.3, -0.25) is 9.59 Å². The number of carbonyl (C=O) groups is 2. The lowest BCUT2D eigenvalue weighted by Crippen LogP contribution is -2.48. The van der Waals surface area contributed by atoms with Crippen LogP contribution in [0.2, 0.25) is 0 Å². The van der Waals surface area contributed by atoms with Crippen LogP contribution in [0.1, 0.15) is 38.5 Å². The maximum atomic E-state index is 13.4. The van der Waals surface area contributed by atoms with Crippen molar-refractivity contribution in [1.82, 2.24) is 10.2 Å². The number of fused-ring (bicyclic) bond motifs is 1. The Morgan fingerprint density at radius 1 is 1.21 bits per heavy atom. The van der Waals surface area contributed by atoms with Gasteiger partial charge in [0.05, 0.1) is 31.4 Å². The van der Waals surface area contributed by atoms with Crippen molar-refractivity contribution >= 4 is 23.2 Å². The predicted molar refractivity (Wildman–Crippen MR) is 110 cm³/mol. The third-order valence-corrected chi connectivity index (χ3v) is 6.05. The molecule has 0 saturated heterocycles. The molecule has 0 unspecified atom stereocenters. The molecule has 2 aromatic heterocycles. The van der Waals surface area contributed by atoms with Crippen LogP contribution in [0.5, 0.6) is 0 Å². The Labute approximate surface area is 173 Å². The Hall–Kier alpha value is -2.90. The molecule has 1 aliphatic heterocycles. The topological polar surface area (TPSA) is 71.8 Å². The van der Waals surface area contributed by atoms with Crippen LogP contribution < -0.4 is 5.32 Å². The maximum absolute atomic E-state index is 13.4. The summed E-state index contributed by atoms with van der Waals surface area (Å²) in [5.74, 6) is -0.0508. The molecule has 2 amide bonds. The number of nitrogens with one attached hydrogen (secondary N) is 1. The first-order valence-corrected chi connectivity index (χ1v) is 10.3. The van der Waals surface area contributed by atoms with E-state index in [0.717, 1.165) is 10.4 Å². The second kappa shape index (κ2) is 8.63. The summed E-state index contributed by atoms with van der Waals surface area (Å²) in [7, 11) is 1.61. The molecule has 0 saturated carbocycles. The van der Waals surface area contributed by atoms with E-state index < -0.39 is 5.92 Å². The molecule has 0 spiro atoms. The zero-order valence-corrected chi connectivity index (χ0v) is 16.9. The highest BCUT2D eigenvalue weighted by Crippen LogP contribution is 2.44. The van der Waals surface area contributed by atoms with Gasteiger partial charge in [0.1, 0.15) is 5.76 Å². The minimum absolute atomic E-state index is 0.0777. The van der Waals surface area contributed by atoms with Gasteiger partial charge < -0.3 is 19.4 Å². The van der Waals surface area contributed by atoms with Gasteiger partial charge in [0.2, 0.25) is 5.91 Å². The number of hydrogen-bond donors (Lipinski definition) is 1. The molecule has 0 radical (unpaired) electrons. The Morgan fingerprint density at radius 2 is 2.07 bits per heavy atom. The first kappa shape index (κ1) is 19.4. The van der Waals surface area contributed by atoms with Crippen LogP contribution in [0.4, 0.5) is 0 Å². The SMILES string of the molecule is COCCN1C(=O)c2ccccc2[C@@H](C(=O)NCc2ccco2)[C@H]1c1cccs1. The van der Waals surface area contributed by atoms with E-state index in [0.29, 0.717) is 31.0 Å². The van der Waals surface area contributed by atoms with Crippen LogP contribution in [0.3, 0.4) is 0 Å². The lowest BCUT2D eigenvalue weighted by molar-refractivity contribution is -0.124. The van der Waals surface area contributed by atoms with E-state index in [1.54, 1.807) is 41.7 Å². The Bertz CT molecular complexity index is 969. The highest BCUT2D eigenvalue weighted by molar-refractivity contribution is 7.10. The molecule has 4 rings (SSSR count). The van der Waals surface area contributed by atoms with Gasteiger partial charge in [-0.05, 0) is 35.2 Å². The molecule has 0 fully saturated rings. The number of carbonyl (C=O) groups excluding carboxylic acids is 2. The summed E-state index contributed by atoms with van der Waals surface area (Å²) in [4.78, 5) is 29.4. The van der Waals surface area contributed by atoms with E-state index >= 15 is 0 Å². The van der Waals surface area contributed by atoms with Crippen molar-refractivity contribution in [2.24, 2.45) is 0 Å². The van der Waals surface area contributed by atoms with E-state index in [1.165, 1.54) is 0 Å². The van der Waals surface area contributed by atoms with Crippen LogP contribution in [0.25, 0.3) is 0 Å². The number of hydrogen-bond acceptors (Lipinski definition) is 5. The molecule has 1 aliphatic rings. The summed E-state index contributed by atoms with van der Waals surface area (Å²) in [6.07, 6.45) is 1.58. The molecule has 29 heavy (non-hydrogen) atoms. The minimum Gasteiger partial charge on any atom is -0.467 e. The van der Waals surface area contributed by atoms with E-state index in [2.05, 4.69) is 5.32 Å². The van der Waals surface area contributed by atoms with Gasteiger partial charge in [-0.25, -0.2) is 0 Å². The van der Waals surface area contributed by atoms with Crippen LogP contribution in [-0.2, 0) is 16.1 Å². The lowest BCUT2D eigenvalue weighted by atomic mass is 9.81. The first-order chi connectivity index (χ1) is 14.2. The largest absolute Gasteiger partial charge is 0.467 e. The molecule has 1 N–H and O–H groups in total. The first-order valence-electron chi connectivity index (χ1n) is 9.43. The van der Waals surface area contributed by atoms with Gasteiger partial charge in [-0.15, -0.1) is 11.3 Å². The summed E-state index contributed by atoms with van der Waals surface area (Å²) >= 11 is 1.55. The van der Waals surface area contributed by atoms with Crippen LogP contribution >= 0.6 is 11.3 Å². The molecule has 150 valence electrons. The predicted octanol–water partition coefficient (Wildman–Crippen LogP) is 3.58. The van der Waals surface area contributed by atoms with Crippen molar-refractivity contribution < 1.29 is 18.7 Å². The number of benzene rings is 1. The van der Waals surface area contributed by atoms with Gasteiger partial charge in [-0.1, -0.05) is 24.3 Å². The van der Waals surface area contributed by atoms with Crippen molar-refractivity contribution in [3.8, 4) is 0 Å². The maximum Gasteiger partial charge on any atom is 0.254 e. The van der Waals surface area contributed by atoms with Crippen molar-refractivity contribution in [3.05, 3.63) is 81.9 Å². The fraction of sp³-hybridized carbons (Fsp3) is 0.273. The third kappa shape index (κ3) is 3.83. The van der Waals surface area contributed by atoms with Gasteiger partial charge in [0.15, 0.2) is 0 Å². The summed E-state index contributed by atoms with van der Waals surface area (Å²) in [5, 5.41) is 4.95. The fourth-order valence-electron chi connectivity index (χ4n) is 3.78. The summed E-state index contributed by atoms with van der Waals surface area (Å²) < 4.78 is 10.6. The van der Waals surface area contributed by atoms with Gasteiger partial charge in [-0.2, -0.15) is 0 Å². The molecular formula is C22H22N2O4S. The highest BCUT2D eigenvalue weighted by Gasteiger charge is 2.44. The highest BCUT2D eigenvalue weighted by atomic mass is 32.1. The normalized spacial score (nSPS) is 18.5. The van der Waals surface area contributed by atoms with Crippen molar-refractivity contribution in [2.75, 3.05) is 20.3 Å². The zero-order chi connectivity index (χ0) is 20.2. The molecule has 2 atom stereocenters. The Kier molecular flexibility index (Phi) is 5.78. The second-order valence-corrected chi connectivity index (χ2v) is 7.79. The number of ether oxygens (including phenoxy) is 1. The van der Waals surface area contributed by atoms with E-state index in [-0.39, 0.29) is 17.9 Å². The van der Waals surface area contributed by atoms with Crippen LogP contribution in [0, 0.1) is 0 Å². The van der Waals surface area contributed by atoms with E-state index in [1.807, 2.05) is 41.8 Å². The van der Waals surface area contributed by atoms with Crippen molar-refractivity contribution in [1.29, 1.82) is 0 Å². The summed E-state index contributed by atoms with van der Waals surface area (Å²) in [5.41, 5.74) is 1.32. The molecule has 1 aromatic carbocycles. The monoisotopic (exact) mass is 410 g/mol. The molecule has 3 heterocycles. The standard InChI is InChI=1S/C22H22N2O4S/c1-27-12-10-24-20(18-9-5-13-29-18)19(16-7-2-3-8-17(16)22(24)26)21(25)23-14-15-6-4-11-28-15/h2-9,11,13,19-20H,10,12,14H2,1H3,(H,23,25)/t19-,20-/m1/s1. The average Bonchev–Trinajstić information content (AvgIpc) is 3.45. The Morgan fingerprint density at radius 3 is 2.79 bits per heavy atom. The van der Waals surface area contributed by atoms with E-state index in [9.17, 15) is 9.59 Å². The van der Waals surface area contributed by atoms with E-state index in [4.69, 9.17) is 9.15 Å². The summed E-state index contributed by atoms with van der Waals surface area (Å²) in [6.45, 7) is 1.11. The van der Waals surface area contributed by atoms with Gasteiger partial charge >= 0.3 is 0 Å². The van der Waals surface area contributed by atoms with Gasteiger partial charge in [0.25, 0.3) is 5.91 Å². The number of furan rings is 1. The van der Waals surface area contributed by atoms with Crippen molar-refractivity contribution in [3.63, 3.8) is 0 Å². The molecule has 6 nitrogen and oxygen atoms in total. The second-order valence-electron chi connectivity index (χ2n) is 6.81.